The smallest absolute Gasteiger partial charge is 0.262 e. The zero-order valence-electron chi connectivity index (χ0n) is 17.9. The number of nitrogens with one attached hydrogen (secondary N) is 1. The van der Waals surface area contributed by atoms with Crippen LogP contribution in [0.5, 0.6) is 11.5 Å². The van der Waals surface area contributed by atoms with Crippen LogP contribution < -0.4 is 14.8 Å². The largest absolute Gasteiger partial charge is 0.493 e. The lowest BCUT2D eigenvalue weighted by Gasteiger charge is -2.29. The number of nitriles is 1. The van der Waals surface area contributed by atoms with E-state index in [2.05, 4.69) is 28.2 Å². The molecule has 1 N–H and O–H groups in total. The van der Waals surface area contributed by atoms with Gasteiger partial charge in [-0.25, -0.2) is 0 Å². The molecule has 3 rings (SSSR count). The predicted molar refractivity (Wildman–Crippen MR) is 125 cm³/mol. The Morgan fingerprint density at radius 2 is 1.94 bits per heavy atom. The number of methoxy groups -OCH3 is 1. The van der Waals surface area contributed by atoms with Gasteiger partial charge in [0.1, 0.15) is 18.2 Å². The van der Waals surface area contributed by atoms with Crippen LogP contribution in [0.15, 0.2) is 52.5 Å². The molecule has 0 heterocycles. The van der Waals surface area contributed by atoms with Crippen LogP contribution in [-0.2, 0) is 11.4 Å². The lowest BCUT2D eigenvalue weighted by Crippen LogP contribution is -2.41. The highest BCUT2D eigenvalue weighted by molar-refractivity contribution is 9.10. The monoisotopic (exact) mass is 482 g/mol. The Balaban J connectivity index is 1.70. The normalized spacial score (nSPS) is 18.7. The SMILES string of the molecule is COc1cc(/C=C(\C#N)C(=O)N[C@@H]2CCCC[C@H]2C)ccc1OCc1ccc(Br)cc1. The van der Waals surface area contributed by atoms with E-state index in [4.69, 9.17) is 9.47 Å². The van der Waals surface area contributed by atoms with Gasteiger partial charge in [0.05, 0.1) is 7.11 Å². The third-order valence-electron chi connectivity index (χ3n) is 5.60. The first-order chi connectivity index (χ1) is 15.0. The maximum atomic E-state index is 12.6. The highest BCUT2D eigenvalue weighted by Gasteiger charge is 2.24. The van der Waals surface area contributed by atoms with Gasteiger partial charge in [0, 0.05) is 10.5 Å². The average Bonchev–Trinajstić information content (AvgIpc) is 2.78. The van der Waals surface area contributed by atoms with Gasteiger partial charge in [0.25, 0.3) is 5.91 Å². The van der Waals surface area contributed by atoms with E-state index in [1.807, 2.05) is 36.4 Å². The molecule has 0 aromatic heterocycles. The van der Waals surface area contributed by atoms with E-state index in [0.717, 1.165) is 29.3 Å². The molecule has 5 nitrogen and oxygen atoms in total. The molecular formula is C25H27BrN2O3. The molecule has 0 unspecified atom stereocenters. The number of amides is 1. The highest BCUT2D eigenvalue weighted by atomic mass is 79.9. The van der Waals surface area contributed by atoms with Crippen molar-refractivity contribution >= 4 is 27.9 Å². The van der Waals surface area contributed by atoms with Crippen LogP contribution in [0.1, 0.15) is 43.7 Å². The van der Waals surface area contributed by atoms with E-state index in [0.29, 0.717) is 29.6 Å². The van der Waals surface area contributed by atoms with Crippen molar-refractivity contribution in [3.63, 3.8) is 0 Å². The summed E-state index contributed by atoms with van der Waals surface area (Å²) in [5.74, 6) is 1.25. The third-order valence-corrected chi connectivity index (χ3v) is 6.13. The Bertz CT molecular complexity index is 979. The molecular weight excluding hydrogens is 456 g/mol. The van der Waals surface area contributed by atoms with Crippen LogP contribution in [0.2, 0.25) is 0 Å². The van der Waals surface area contributed by atoms with Crippen molar-refractivity contribution in [3.05, 3.63) is 63.6 Å². The van der Waals surface area contributed by atoms with Gasteiger partial charge in [-0.05, 0) is 60.2 Å². The molecule has 6 heteroatoms. The van der Waals surface area contributed by atoms with Gasteiger partial charge in [-0.3, -0.25) is 4.79 Å². The van der Waals surface area contributed by atoms with E-state index in [1.54, 1.807) is 25.3 Å². The van der Waals surface area contributed by atoms with E-state index in [9.17, 15) is 10.1 Å². The van der Waals surface area contributed by atoms with Crippen molar-refractivity contribution in [2.24, 2.45) is 5.92 Å². The van der Waals surface area contributed by atoms with Crippen LogP contribution in [-0.4, -0.2) is 19.1 Å². The molecule has 1 fully saturated rings. The van der Waals surface area contributed by atoms with Crippen LogP contribution in [0.4, 0.5) is 0 Å². The number of halogens is 1. The number of nitrogens with zero attached hydrogens (tertiary/aromatic N) is 1. The van der Waals surface area contributed by atoms with Gasteiger partial charge in [0.15, 0.2) is 11.5 Å². The van der Waals surface area contributed by atoms with Crippen LogP contribution in [0, 0.1) is 17.2 Å². The van der Waals surface area contributed by atoms with Crippen LogP contribution in [0.3, 0.4) is 0 Å². The molecule has 0 bridgehead atoms. The molecule has 1 aliphatic carbocycles. The van der Waals surface area contributed by atoms with Gasteiger partial charge in [-0.15, -0.1) is 0 Å². The minimum Gasteiger partial charge on any atom is -0.493 e. The fourth-order valence-electron chi connectivity index (χ4n) is 3.73. The van der Waals surface area contributed by atoms with Crippen molar-refractivity contribution in [1.82, 2.24) is 5.32 Å². The molecule has 0 radical (unpaired) electrons. The van der Waals surface area contributed by atoms with Crippen LogP contribution in [0.25, 0.3) is 6.08 Å². The summed E-state index contributed by atoms with van der Waals surface area (Å²) in [6, 6.07) is 15.4. The summed E-state index contributed by atoms with van der Waals surface area (Å²) in [5, 5.41) is 12.6. The van der Waals surface area contributed by atoms with E-state index in [1.165, 1.54) is 6.42 Å². The Morgan fingerprint density at radius 1 is 1.19 bits per heavy atom. The number of benzene rings is 2. The van der Waals surface area contributed by atoms with E-state index < -0.39 is 0 Å². The Labute approximate surface area is 192 Å². The molecule has 2 aromatic rings. The second-order valence-corrected chi connectivity index (χ2v) is 8.75. The number of carbonyl (C=O) groups excluding carboxylic acids is 1. The molecule has 162 valence electrons. The fraction of sp³-hybridized carbons (Fsp3) is 0.360. The summed E-state index contributed by atoms with van der Waals surface area (Å²) >= 11 is 3.42. The first kappa shape index (κ1) is 22.9. The average molecular weight is 483 g/mol. The van der Waals surface area contributed by atoms with Crippen molar-refractivity contribution in [2.75, 3.05) is 7.11 Å². The standard InChI is InChI=1S/C25H27BrN2O3/c1-17-5-3-4-6-22(17)28-25(29)20(15-27)13-19-9-12-23(24(14-19)30-2)31-16-18-7-10-21(26)11-8-18/h7-14,17,22H,3-6,16H2,1-2H3,(H,28,29)/b20-13+/t17-,22-/m1/s1. The number of rotatable bonds is 7. The zero-order chi connectivity index (χ0) is 22.2. The lowest BCUT2D eigenvalue weighted by atomic mass is 9.86. The summed E-state index contributed by atoms with van der Waals surface area (Å²) in [7, 11) is 1.57. The van der Waals surface area contributed by atoms with E-state index in [-0.39, 0.29) is 17.5 Å². The predicted octanol–water partition coefficient (Wildman–Crippen LogP) is 5.64. The summed E-state index contributed by atoms with van der Waals surface area (Å²) in [6.45, 7) is 2.56. The van der Waals surface area contributed by atoms with Crippen LogP contribution >= 0.6 is 15.9 Å². The van der Waals surface area contributed by atoms with Crippen molar-refractivity contribution in [2.45, 2.75) is 45.3 Å². The molecule has 31 heavy (non-hydrogen) atoms. The summed E-state index contributed by atoms with van der Waals surface area (Å²) in [4.78, 5) is 12.6. The molecule has 0 aliphatic heterocycles. The first-order valence-corrected chi connectivity index (χ1v) is 11.3. The molecule has 2 aromatic carbocycles. The molecule has 1 aliphatic rings. The topological polar surface area (TPSA) is 71.3 Å². The number of carbonyl (C=O) groups is 1. The van der Waals surface area contributed by atoms with E-state index >= 15 is 0 Å². The van der Waals surface area contributed by atoms with Gasteiger partial charge >= 0.3 is 0 Å². The second kappa shape index (κ2) is 11.0. The van der Waals surface area contributed by atoms with Gasteiger partial charge in [0.2, 0.25) is 0 Å². The number of hydrogen-bond donors (Lipinski definition) is 1. The summed E-state index contributed by atoms with van der Waals surface area (Å²) in [5.41, 5.74) is 1.83. The summed E-state index contributed by atoms with van der Waals surface area (Å²) in [6.07, 6.45) is 5.97. The first-order valence-electron chi connectivity index (χ1n) is 10.5. The third kappa shape index (κ3) is 6.35. The maximum absolute atomic E-state index is 12.6. The summed E-state index contributed by atoms with van der Waals surface area (Å²) < 4.78 is 12.4. The molecule has 0 saturated heterocycles. The van der Waals surface area contributed by atoms with Gasteiger partial charge < -0.3 is 14.8 Å². The lowest BCUT2D eigenvalue weighted by molar-refractivity contribution is -0.118. The highest BCUT2D eigenvalue weighted by Crippen LogP contribution is 2.30. The molecule has 1 saturated carbocycles. The van der Waals surface area contributed by atoms with Crippen molar-refractivity contribution < 1.29 is 14.3 Å². The Hall–Kier alpha value is -2.78. The zero-order valence-corrected chi connectivity index (χ0v) is 19.4. The number of hydrogen-bond acceptors (Lipinski definition) is 4. The van der Waals surface area contributed by atoms with Crippen molar-refractivity contribution in [1.29, 1.82) is 5.26 Å². The van der Waals surface area contributed by atoms with Crippen molar-refractivity contribution in [3.8, 4) is 17.6 Å². The maximum Gasteiger partial charge on any atom is 0.262 e. The minimum atomic E-state index is -0.323. The quantitative estimate of drug-likeness (QED) is 0.409. The van der Waals surface area contributed by atoms with Gasteiger partial charge in [-0.1, -0.05) is 53.9 Å². The molecule has 2 atom stereocenters. The Morgan fingerprint density at radius 3 is 2.61 bits per heavy atom. The fourth-order valence-corrected chi connectivity index (χ4v) is 3.99. The second-order valence-electron chi connectivity index (χ2n) is 7.84. The number of ether oxygens (including phenoxy) is 2. The Kier molecular flexibility index (Phi) is 8.13. The molecule has 1 amide bonds. The minimum absolute atomic E-state index is 0.0864. The molecule has 0 spiro atoms. The van der Waals surface area contributed by atoms with Gasteiger partial charge in [-0.2, -0.15) is 5.26 Å².